The van der Waals surface area contributed by atoms with Crippen LogP contribution in [0.25, 0.3) is 0 Å². The van der Waals surface area contributed by atoms with Crippen molar-refractivity contribution < 1.29 is 18.0 Å². The molecule has 2 aromatic rings. The van der Waals surface area contributed by atoms with Crippen molar-refractivity contribution in [2.75, 3.05) is 11.9 Å². The number of carbonyl (C=O) groups excluding carboxylic acids is 2. The molecule has 1 atom stereocenters. The summed E-state index contributed by atoms with van der Waals surface area (Å²) in [6.07, 6.45) is 3.06. The monoisotopic (exact) mass is 441 g/mol. The fourth-order valence-electron chi connectivity index (χ4n) is 3.74. The van der Waals surface area contributed by atoms with Crippen molar-refractivity contribution in [2.45, 2.75) is 50.1 Å². The van der Waals surface area contributed by atoms with E-state index in [4.69, 9.17) is 0 Å². The first-order valence-corrected chi connectivity index (χ1v) is 12.0. The summed E-state index contributed by atoms with van der Waals surface area (Å²) in [5, 5.41) is 5.74. The van der Waals surface area contributed by atoms with E-state index in [0.29, 0.717) is 25.9 Å². The Balaban J connectivity index is 1.36. The van der Waals surface area contributed by atoms with Gasteiger partial charge in [-0.15, -0.1) is 0 Å². The molecule has 0 aromatic heterocycles. The molecule has 0 radical (unpaired) electrons. The molecule has 7 nitrogen and oxygen atoms in total. The molecule has 2 aromatic carbocycles. The van der Waals surface area contributed by atoms with Crippen molar-refractivity contribution in [1.29, 1.82) is 0 Å². The summed E-state index contributed by atoms with van der Waals surface area (Å²) in [6.45, 7) is 2.53. The standard InChI is InChI=1S/C23H27N3O4S/c1-16-4-12-20(13-5-16)31(29,30)26-14-2-3-21(26)23(28)24-15-17-6-10-19(11-7-17)25-22(27)18-8-9-18/h4-7,10-13,18,21H,2-3,8-9,14-15H2,1H3,(H,24,28)(H,25,27)/t21-/m1/s1. The first-order valence-electron chi connectivity index (χ1n) is 10.6. The maximum absolute atomic E-state index is 13.0. The number of rotatable bonds is 7. The first kappa shape index (κ1) is 21.5. The van der Waals surface area contributed by atoms with Crippen molar-refractivity contribution in [2.24, 2.45) is 5.92 Å². The van der Waals surface area contributed by atoms with E-state index in [0.717, 1.165) is 29.7 Å². The maximum atomic E-state index is 13.0. The van der Waals surface area contributed by atoms with Crippen LogP contribution in [0.2, 0.25) is 0 Å². The van der Waals surface area contributed by atoms with Gasteiger partial charge in [-0.25, -0.2) is 8.42 Å². The van der Waals surface area contributed by atoms with Crippen LogP contribution in [-0.2, 0) is 26.2 Å². The number of carbonyl (C=O) groups is 2. The number of anilines is 1. The topological polar surface area (TPSA) is 95.6 Å². The first-order chi connectivity index (χ1) is 14.8. The van der Waals surface area contributed by atoms with Gasteiger partial charge in [0.05, 0.1) is 4.90 Å². The van der Waals surface area contributed by atoms with Crippen LogP contribution >= 0.6 is 0 Å². The molecular weight excluding hydrogens is 414 g/mol. The summed E-state index contributed by atoms with van der Waals surface area (Å²) in [5.41, 5.74) is 2.59. The molecule has 164 valence electrons. The zero-order valence-corrected chi connectivity index (χ0v) is 18.3. The van der Waals surface area contributed by atoms with Crippen molar-refractivity contribution in [3.05, 3.63) is 59.7 Å². The number of sulfonamides is 1. The van der Waals surface area contributed by atoms with Crippen molar-refractivity contribution in [1.82, 2.24) is 9.62 Å². The number of amides is 2. The van der Waals surface area contributed by atoms with Gasteiger partial charge in [0.2, 0.25) is 21.8 Å². The van der Waals surface area contributed by atoms with Gasteiger partial charge >= 0.3 is 0 Å². The molecule has 2 fully saturated rings. The highest BCUT2D eigenvalue weighted by molar-refractivity contribution is 7.89. The normalized spacial score (nSPS) is 19.2. The van der Waals surface area contributed by atoms with Gasteiger partial charge in [-0.1, -0.05) is 29.8 Å². The average Bonchev–Trinajstić information content (AvgIpc) is 3.49. The Morgan fingerprint density at radius 3 is 2.29 bits per heavy atom. The molecule has 2 amide bonds. The molecule has 0 bridgehead atoms. The Kier molecular flexibility index (Phi) is 6.11. The molecule has 1 heterocycles. The van der Waals surface area contributed by atoms with E-state index >= 15 is 0 Å². The van der Waals surface area contributed by atoms with Crippen LogP contribution in [-0.4, -0.2) is 37.1 Å². The third kappa shape index (κ3) is 4.97. The lowest BCUT2D eigenvalue weighted by molar-refractivity contribution is -0.124. The molecule has 1 saturated carbocycles. The van der Waals surface area contributed by atoms with Crippen LogP contribution in [0, 0.1) is 12.8 Å². The quantitative estimate of drug-likeness (QED) is 0.691. The summed E-state index contributed by atoms with van der Waals surface area (Å²) in [7, 11) is -3.72. The number of benzene rings is 2. The Hall–Kier alpha value is -2.71. The fourth-order valence-corrected chi connectivity index (χ4v) is 5.39. The Morgan fingerprint density at radius 1 is 0.968 bits per heavy atom. The van der Waals surface area contributed by atoms with Gasteiger partial charge < -0.3 is 10.6 Å². The summed E-state index contributed by atoms with van der Waals surface area (Å²) < 4.78 is 27.4. The molecule has 0 unspecified atom stereocenters. The van der Waals surface area contributed by atoms with E-state index < -0.39 is 16.1 Å². The smallest absolute Gasteiger partial charge is 0.243 e. The minimum atomic E-state index is -3.72. The highest BCUT2D eigenvalue weighted by atomic mass is 32.2. The van der Waals surface area contributed by atoms with Crippen molar-refractivity contribution >= 4 is 27.5 Å². The largest absolute Gasteiger partial charge is 0.351 e. The van der Waals surface area contributed by atoms with Crippen LogP contribution in [0.4, 0.5) is 5.69 Å². The molecule has 8 heteroatoms. The Bertz CT molecular complexity index is 1060. The summed E-state index contributed by atoms with van der Waals surface area (Å²) >= 11 is 0. The molecule has 1 aliphatic heterocycles. The van der Waals surface area contributed by atoms with E-state index in [1.807, 2.05) is 31.2 Å². The minimum absolute atomic E-state index is 0.0529. The molecule has 1 saturated heterocycles. The van der Waals surface area contributed by atoms with E-state index in [2.05, 4.69) is 10.6 Å². The Morgan fingerprint density at radius 2 is 1.65 bits per heavy atom. The summed E-state index contributed by atoms with van der Waals surface area (Å²) in [6, 6.07) is 13.3. The number of aryl methyl sites for hydroxylation is 1. The lowest BCUT2D eigenvalue weighted by Crippen LogP contribution is -2.45. The minimum Gasteiger partial charge on any atom is -0.351 e. The van der Waals surface area contributed by atoms with E-state index in [1.54, 1.807) is 24.3 Å². The van der Waals surface area contributed by atoms with Gasteiger partial charge in [0.25, 0.3) is 0 Å². The third-order valence-corrected chi connectivity index (χ3v) is 7.69. The fraction of sp³-hybridized carbons (Fsp3) is 0.391. The second kappa shape index (κ2) is 8.80. The van der Waals surface area contributed by atoms with E-state index in [9.17, 15) is 18.0 Å². The van der Waals surface area contributed by atoms with E-state index in [-0.39, 0.29) is 22.6 Å². The molecule has 4 rings (SSSR count). The summed E-state index contributed by atoms with van der Waals surface area (Å²) in [4.78, 5) is 24.8. The van der Waals surface area contributed by atoms with Crippen LogP contribution in [0.5, 0.6) is 0 Å². The van der Waals surface area contributed by atoms with Gasteiger partial charge in [0.1, 0.15) is 6.04 Å². The lowest BCUT2D eigenvalue weighted by Gasteiger charge is -2.23. The Labute approximate surface area is 182 Å². The third-order valence-electron chi connectivity index (χ3n) is 5.77. The highest BCUT2D eigenvalue weighted by Crippen LogP contribution is 2.30. The van der Waals surface area contributed by atoms with Crippen LogP contribution < -0.4 is 10.6 Å². The SMILES string of the molecule is Cc1ccc(S(=O)(=O)N2CCC[C@@H]2C(=O)NCc2ccc(NC(=O)C3CC3)cc2)cc1. The zero-order chi connectivity index (χ0) is 22.0. The number of hydrogen-bond donors (Lipinski definition) is 2. The van der Waals surface area contributed by atoms with Gasteiger partial charge in [-0.2, -0.15) is 4.31 Å². The molecule has 31 heavy (non-hydrogen) atoms. The predicted octanol–water partition coefficient (Wildman–Crippen LogP) is 2.81. The van der Waals surface area contributed by atoms with Crippen molar-refractivity contribution in [3.63, 3.8) is 0 Å². The van der Waals surface area contributed by atoms with Gasteiger partial charge in [0.15, 0.2) is 0 Å². The molecule has 2 aliphatic rings. The summed E-state index contributed by atoms with van der Waals surface area (Å²) in [5.74, 6) is -0.0963. The molecular formula is C23H27N3O4S. The number of nitrogens with one attached hydrogen (secondary N) is 2. The molecule has 1 aliphatic carbocycles. The predicted molar refractivity (Wildman–Crippen MR) is 118 cm³/mol. The highest BCUT2D eigenvalue weighted by Gasteiger charge is 2.39. The van der Waals surface area contributed by atoms with Crippen LogP contribution in [0.15, 0.2) is 53.4 Å². The molecule has 2 N–H and O–H groups in total. The second-order valence-electron chi connectivity index (χ2n) is 8.27. The maximum Gasteiger partial charge on any atom is 0.243 e. The van der Waals surface area contributed by atoms with Gasteiger partial charge in [-0.3, -0.25) is 9.59 Å². The zero-order valence-electron chi connectivity index (χ0n) is 17.5. The number of nitrogens with zero attached hydrogens (tertiary/aromatic N) is 1. The molecule has 0 spiro atoms. The van der Waals surface area contributed by atoms with E-state index in [1.165, 1.54) is 4.31 Å². The van der Waals surface area contributed by atoms with Crippen LogP contribution in [0.3, 0.4) is 0 Å². The second-order valence-corrected chi connectivity index (χ2v) is 10.2. The lowest BCUT2D eigenvalue weighted by atomic mass is 10.2. The van der Waals surface area contributed by atoms with Crippen LogP contribution in [0.1, 0.15) is 36.8 Å². The van der Waals surface area contributed by atoms with Gasteiger partial charge in [0, 0.05) is 24.7 Å². The average molecular weight is 442 g/mol. The van der Waals surface area contributed by atoms with Crippen molar-refractivity contribution in [3.8, 4) is 0 Å². The van der Waals surface area contributed by atoms with Gasteiger partial charge in [-0.05, 0) is 62.4 Å². The number of hydrogen-bond acceptors (Lipinski definition) is 4.